The minimum atomic E-state index is -4.55. The van der Waals surface area contributed by atoms with E-state index in [9.17, 15) is 31.7 Å². The fourth-order valence-electron chi connectivity index (χ4n) is 1.37. The number of nitrogens with one attached hydrogen (secondary N) is 2. The van der Waals surface area contributed by atoms with Gasteiger partial charge in [0.25, 0.3) is 5.69 Å². The zero-order valence-electron chi connectivity index (χ0n) is 10.3. The topological polar surface area (TPSA) is 127 Å². The first-order chi connectivity index (χ1) is 9.57. The Morgan fingerprint density at radius 3 is 2.43 bits per heavy atom. The van der Waals surface area contributed by atoms with Crippen molar-refractivity contribution in [1.82, 2.24) is 4.72 Å². The van der Waals surface area contributed by atoms with Crippen LogP contribution in [0.1, 0.15) is 6.42 Å². The van der Waals surface area contributed by atoms with Crippen molar-refractivity contribution < 1.29 is 26.5 Å². The number of alkyl halides is 3. The van der Waals surface area contributed by atoms with Crippen LogP contribution in [-0.2, 0) is 10.0 Å². The predicted octanol–water partition coefficient (Wildman–Crippen LogP) is 1.11. The van der Waals surface area contributed by atoms with Gasteiger partial charge < -0.3 is 5.43 Å². The molecule has 1 rings (SSSR count). The lowest BCUT2D eigenvalue weighted by Crippen LogP contribution is -2.28. The highest BCUT2D eigenvalue weighted by atomic mass is 32.2. The van der Waals surface area contributed by atoms with Crippen molar-refractivity contribution in [3.63, 3.8) is 0 Å². The number of nitro groups is 1. The molecule has 0 fully saturated rings. The van der Waals surface area contributed by atoms with Crippen LogP contribution >= 0.6 is 0 Å². The summed E-state index contributed by atoms with van der Waals surface area (Å²) in [5, 5.41) is 10.8. The normalized spacial score (nSPS) is 12.2. The number of hydrogen-bond donors (Lipinski definition) is 3. The first kappa shape index (κ1) is 17.1. The van der Waals surface area contributed by atoms with Crippen LogP contribution in [0.2, 0.25) is 0 Å². The molecular formula is C9H11F3N4O4S. The molecule has 0 saturated heterocycles. The summed E-state index contributed by atoms with van der Waals surface area (Å²) >= 11 is 0. The SMILES string of the molecule is NNc1ccc([N+](=O)[O-])c(S(=O)(=O)NCCC(F)(F)F)c1. The zero-order valence-corrected chi connectivity index (χ0v) is 11.2. The quantitative estimate of drug-likeness (QED) is 0.408. The van der Waals surface area contributed by atoms with Crippen molar-refractivity contribution in [1.29, 1.82) is 0 Å². The average molecular weight is 328 g/mol. The molecule has 1 aromatic carbocycles. The summed E-state index contributed by atoms with van der Waals surface area (Å²) in [6.07, 6.45) is -5.94. The van der Waals surface area contributed by atoms with Crippen LogP contribution in [0.3, 0.4) is 0 Å². The lowest BCUT2D eigenvalue weighted by atomic mass is 10.3. The third-order valence-corrected chi connectivity index (χ3v) is 3.80. The Labute approximate surface area is 117 Å². The summed E-state index contributed by atoms with van der Waals surface area (Å²) in [5.41, 5.74) is 1.37. The Morgan fingerprint density at radius 1 is 1.33 bits per heavy atom. The number of nitrogens with two attached hydrogens (primary N) is 1. The zero-order chi connectivity index (χ0) is 16.3. The van der Waals surface area contributed by atoms with Crippen molar-refractivity contribution in [2.45, 2.75) is 17.5 Å². The number of sulfonamides is 1. The molecular weight excluding hydrogens is 317 g/mol. The van der Waals surface area contributed by atoms with Crippen LogP contribution in [0.15, 0.2) is 23.1 Å². The van der Waals surface area contributed by atoms with Gasteiger partial charge in [-0.15, -0.1) is 0 Å². The number of nitrogens with zero attached hydrogens (tertiary/aromatic N) is 1. The molecule has 8 nitrogen and oxygen atoms in total. The molecule has 0 aromatic heterocycles. The molecule has 0 unspecified atom stereocenters. The number of halogens is 3. The van der Waals surface area contributed by atoms with Crippen molar-refractivity contribution in [2.75, 3.05) is 12.0 Å². The van der Waals surface area contributed by atoms with Gasteiger partial charge in [-0.1, -0.05) is 0 Å². The fraction of sp³-hybridized carbons (Fsp3) is 0.333. The van der Waals surface area contributed by atoms with Gasteiger partial charge in [-0.25, -0.2) is 13.1 Å². The van der Waals surface area contributed by atoms with Gasteiger partial charge in [-0.05, 0) is 12.1 Å². The lowest BCUT2D eigenvalue weighted by Gasteiger charge is -2.10. The third-order valence-electron chi connectivity index (χ3n) is 2.31. The Hall–Kier alpha value is -1.92. The summed E-state index contributed by atoms with van der Waals surface area (Å²) in [4.78, 5) is 9.05. The minimum absolute atomic E-state index is 0.0526. The van der Waals surface area contributed by atoms with E-state index in [-0.39, 0.29) is 5.69 Å². The van der Waals surface area contributed by atoms with Gasteiger partial charge in [0.15, 0.2) is 4.90 Å². The van der Waals surface area contributed by atoms with E-state index in [0.717, 1.165) is 18.2 Å². The molecule has 118 valence electrons. The van der Waals surface area contributed by atoms with Crippen molar-refractivity contribution in [3.8, 4) is 0 Å². The van der Waals surface area contributed by atoms with E-state index in [0.29, 0.717) is 0 Å². The van der Waals surface area contributed by atoms with Gasteiger partial charge in [0, 0.05) is 12.6 Å². The first-order valence-corrected chi connectivity index (χ1v) is 6.86. The van der Waals surface area contributed by atoms with E-state index in [2.05, 4.69) is 5.43 Å². The molecule has 0 saturated carbocycles. The van der Waals surface area contributed by atoms with E-state index in [1.807, 2.05) is 0 Å². The largest absolute Gasteiger partial charge is 0.390 e. The van der Waals surface area contributed by atoms with Crippen molar-refractivity contribution >= 4 is 21.4 Å². The second-order valence-corrected chi connectivity index (χ2v) is 5.58. The highest BCUT2D eigenvalue weighted by molar-refractivity contribution is 7.89. The summed E-state index contributed by atoms with van der Waals surface area (Å²) in [6, 6.07) is 2.90. The molecule has 21 heavy (non-hydrogen) atoms. The van der Waals surface area contributed by atoms with E-state index in [1.54, 1.807) is 4.72 Å². The minimum Gasteiger partial charge on any atom is -0.324 e. The van der Waals surface area contributed by atoms with Gasteiger partial charge in [-0.3, -0.25) is 16.0 Å². The van der Waals surface area contributed by atoms with E-state index in [4.69, 9.17) is 5.84 Å². The summed E-state index contributed by atoms with van der Waals surface area (Å²) in [7, 11) is -4.48. The van der Waals surface area contributed by atoms with E-state index < -0.39 is 44.7 Å². The van der Waals surface area contributed by atoms with Gasteiger partial charge in [0.1, 0.15) is 0 Å². The Morgan fingerprint density at radius 2 is 1.95 bits per heavy atom. The highest BCUT2D eigenvalue weighted by Gasteiger charge is 2.30. The molecule has 12 heteroatoms. The smallest absolute Gasteiger partial charge is 0.324 e. The maximum absolute atomic E-state index is 12.0. The Bertz CT molecular complexity index is 632. The van der Waals surface area contributed by atoms with Crippen molar-refractivity contribution in [3.05, 3.63) is 28.3 Å². The molecule has 0 spiro atoms. The van der Waals surface area contributed by atoms with Crippen LogP contribution < -0.4 is 16.0 Å². The standard InChI is InChI=1S/C9H11F3N4O4S/c10-9(11,12)3-4-14-21(19,20)8-5-6(15-13)1-2-7(8)16(17)18/h1-2,5,14-15H,3-4,13H2. The summed E-state index contributed by atoms with van der Waals surface area (Å²) in [5.74, 6) is 5.06. The first-order valence-electron chi connectivity index (χ1n) is 5.38. The number of benzene rings is 1. The monoisotopic (exact) mass is 328 g/mol. The van der Waals surface area contributed by atoms with Gasteiger partial charge in [0.2, 0.25) is 10.0 Å². The Balaban J connectivity index is 3.08. The van der Waals surface area contributed by atoms with Crippen LogP contribution in [0, 0.1) is 10.1 Å². The number of hydrazine groups is 1. The van der Waals surface area contributed by atoms with Gasteiger partial charge in [-0.2, -0.15) is 13.2 Å². The second kappa shape index (κ2) is 6.24. The van der Waals surface area contributed by atoms with Crippen LogP contribution in [0.4, 0.5) is 24.5 Å². The van der Waals surface area contributed by atoms with Crippen LogP contribution in [0.5, 0.6) is 0 Å². The number of hydrogen-bond acceptors (Lipinski definition) is 6. The molecule has 1 aromatic rings. The molecule has 0 bridgehead atoms. The average Bonchev–Trinajstić information content (AvgIpc) is 2.36. The highest BCUT2D eigenvalue weighted by Crippen LogP contribution is 2.27. The summed E-state index contributed by atoms with van der Waals surface area (Å²) in [6.45, 7) is -0.927. The fourth-order valence-corrected chi connectivity index (χ4v) is 2.60. The molecule has 0 aliphatic heterocycles. The molecule has 0 heterocycles. The molecule has 0 amide bonds. The lowest BCUT2D eigenvalue weighted by molar-refractivity contribution is -0.387. The maximum atomic E-state index is 12.0. The predicted molar refractivity (Wildman–Crippen MR) is 66.8 cm³/mol. The summed E-state index contributed by atoms with van der Waals surface area (Å²) < 4.78 is 61.3. The molecule has 4 N–H and O–H groups in total. The van der Waals surface area contributed by atoms with Gasteiger partial charge in [0.05, 0.1) is 17.0 Å². The number of nitrogen functional groups attached to an aromatic ring is 1. The molecule has 0 radical (unpaired) electrons. The van der Waals surface area contributed by atoms with E-state index >= 15 is 0 Å². The third kappa shape index (κ3) is 4.84. The number of anilines is 1. The maximum Gasteiger partial charge on any atom is 0.390 e. The molecule has 0 aliphatic rings. The molecule has 0 aliphatic carbocycles. The van der Waals surface area contributed by atoms with Gasteiger partial charge >= 0.3 is 6.18 Å². The Kier molecular flexibility index (Phi) is 5.09. The van der Waals surface area contributed by atoms with E-state index in [1.165, 1.54) is 0 Å². The van der Waals surface area contributed by atoms with Crippen LogP contribution in [-0.4, -0.2) is 26.1 Å². The number of nitro benzene ring substituents is 1. The second-order valence-electron chi connectivity index (χ2n) is 3.85. The van der Waals surface area contributed by atoms with Crippen LogP contribution in [0.25, 0.3) is 0 Å². The number of rotatable bonds is 6. The molecule has 0 atom stereocenters. The van der Waals surface area contributed by atoms with Crippen molar-refractivity contribution in [2.24, 2.45) is 5.84 Å².